The Morgan fingerprint density at radius 3 is 2.81 bits per heavy atom. The summed E-state index contributed by atoms with van der Waals surface area (Å²) in [6.07, 6.45) is 5.15. The van der Waals surface area contributed by atoms with Gasteiger partial charge in [0.1, 0.15) is 5.76 Å². The summed E-state index contributed by atoms with van der Waals surface area (Å²) >= 11 is 0. The molecule has 0 aliphatic carbocycles. The fourth-order valence-corrected chi connectivity index (χ4v) is 2.55. The van der Waals surface area contributed by atoms with E-state index in [0.29, 0.717) is 6.10 Å². The second kappa shape index (κ2) is 10.0. The monoisotopic (exact) mass is 407 g/mol. The molecule has 0 saturated carbocycles. The molecule has 5 nitrogen and oxygen atoms in total. The molecule has 2 rings (SSSR count). The molecule has 0 radical (unpaired) electrons. The SMILES string of the molecule is CCOC1CCN(C(=NC)NCCc2ccco2)CC1.I. The molecule has 6 heteroatoms. The Morgan fingerprint density at radius 2 is 2.24 bits per heavy atom. The fraction of sp³-hybridized carbons (Fsp3) is 0.667. The van der Waals surface area contributed by atoms with Gasteiger partial charge in [0.05, 0.1) is 12.4 Å². The van der Waals surface area contributed by atoms with Gasteiger partial charge in [-0.15, -0.1) is 24.0 Å². The van der Waals surface area contributed by atoms with Crippen LogP contribution in [-0.4, -0.2) is 50.3 Å². The smallest absolute Gasteiger partial charge is 0.193 e. The molecule has 1 N–H and O–H groups in total. The van der Waals surface area contributed by atoms with Crippen molar-refractivity contribution >= 4 is 29.9 Å². The first kappa shape index (κ1) is 18.3. The van der Waals surface area contributed by atoms with Crippen LogP contribution in [0.5, 0.6) is 0 Å². The quantitative estimate of drug-likeness (QED) is 0.463. The molecule has 0 unspecified atom stereocenters. The lowest BCUT2D eigenvalue weighted by atomic mass is 10.1. The highest BCUT2D eigenvalue weighted by molar-refractivity contribution is 14.0. The van der Waals surface area contributed by atoms with E-state index in [1.54, 1.807) is 6.26 Å². The van der Waals surface area contributed by atoms with E-state index in [-0.39, 0.29) is 24.0 Å². The predicted molar refractivity (Wildman–Crippen MR) is 95.4 cm³/mol. The minimum Gasteiger partial charge on any atom is -0.469 e. The van der Waals surface area contributed by atoms with Crippen LogP contribution in [0.15, 0.2) is 27.8 Å². The zero-order valence-electron chi connectivity index (χ0n) is 12.9. The van der Waals surface area contributed by atoms with Crippen LogP contribution in [0.3, 0.4) is 0 Å². The van der Waals surface area contributed by atoms with Crippen molar-refractivity contribution in [3.63, 3.8) is 0 Å². The highest BCUT2D eigenvalue weighted by Crippen LogP contribution is 2.13. The average molecular weight is 407 g/mol. The topological polar surface area (TPSA) is 50.0 Å². The lowest BCUT2D eigenvalue weighted by Gasteiger charge is -2.34. The van der Waals surface area contributed by atoms with Gasteiger partial charge in [-0.2, -0.15) is 0 Å². The number of ether oxygens (including phenoxy) is 1. The van der Waals surface area contributed by atoms with Crippen LogP contribution < -0.4 is 5.32 Å². The zero-order chi connectivity index (χ0) is 14.2. The van der Waals surface area contributed by atoms with Crippen LogP contribution in [-0.2, 0) is 11.2 Å². The molecule has 1 aromatic heterocycles. The van der Waals surface area contributed by atoms with Crippen molar-refractivity contribution in [1.82, 2.24) is 10.2 Å². The maximum absolute atomic E-state index is 5.68. The van der Waals surface area contributed by atoms with Gasteiger partial charge >= 0.3 is 0 Å². The molecule has 21 heavy (non-hydrogen) atoms. The number of furan rings is 1. The van der Waals surface area contributed by atoms with Crippen LogP contribution in [0.1, 0.15) is 25.5 Å². The first-order valence-electron chi connectivity index (χ1n) is 7.43. The molecule has 1 fully saturated rings. The second-order valence-corrected chi connectivity index (χ2v) is 4.95. The van der Waals surface area contributed by atoms with Gasteiger partial charge in [0, 0.05) is 39.7 Å². The Balaban J connectivity index is 0.00000220. The fourth-order valence-electron chi connectivity index (χ4n) is 2.55. The van der Waals surface area contributed by atoms with Gasteiger partial charge in [0.25, 0.3) is 0 Å². The summed E-state index contributed by atoms with van der Waals surface area (Å²) in [7, 11) is 1.84. The van der Waals surface area contributed by atoms with Gasteiger partial charge in [-0.3, -0.25) is 4.99 Å². The standard InChI is InChI=1S/C15H25N3O2.HI/c1-3-19-14-7-10-18(11-8-14)15(16-2)17-9-6-13-5-4-12-20-13;/h4-5,12,14H,3,6-11H2,1-2H3,(H,16,17);1H. The summed E-state index contributed by atoms with van der Waals surface area (Å²) < 4.78 is 11.0. The number of guanidine groups is 1. The van der Waals surface area contributed by atoms with Crippen LogP contribution in [0.4, 0.5) is 0 Å². The van der Waals surface area contributed by atoms with Crippen molar-refractivity contribution in [3.8, 4) is 0 Å². The Labute approximate surface area is 144 Å². The molecule has 1 saturated heterocycles. The summed E-state index contributed by atoms with van der Waals surface area (Å²) in [5.74, 6) is 1.98. The number of likely N-dealkylation sites (tertiary alicyclic amines) is 1. The minimum atomic E-state index is 0. The molecule has 0 spiro atoms. The van der Waals surface area contributed by atoms with Crippen molar-refractivity contribution in [2.75, 3.05) is 33.3 Å². The summed E-state index contributed by atoms with van der Waals surface area (Å²) in [5.41, 5.74) is 0. The van der Waals surface area contributed by atoms with Gasteiger partial charge in [-0.25, -0.2) is 0 Å². The number of piperidine rings is 1. The number of nitrogens with zero attached hydrogens (tertiary/aromatic N) is 2. The van der Waals surface area contributed by atoms with Crippen molar-refractivity contribution in [1.29, 1.82) is 0 Å². The van der Waals surface area contributed by atoms with Gasteiger partial charge in [-0.1, -0.05) is 0 Å². The Kier molecular flexibility index (Phi) is 8.75. The third-order valence-electron chi connectivity index (χ3n) is 3.59. The van der Waals surface area contributed by atoms with E-state index >= 15 is 0 Å². The second-order valence-electron chi connectivity index (χ2n) is 4.95. The highest BCUT2D eigenvalue weighted by Gasteiger charge is 2.21. The Bertz CT molecular complexity index is 401. The van der Waals surface area contributed by atoms with Crippen molar-refractivity contribution in [3.05, 3.63) is 24.2 Å². The summed E-state index contributed by atoms with van der Waals surface area (Å²) in [6, 6.07) is 3.92. The van der Waals surface area contributed by atoms with E-state index < -0.39 is 0 Å². The maximum Gasteiger partial charge on any atom is 0.193 e. The van der Waals surface area contributed by atoms with Crippen LogP contribution >= 0.6 is 24.0 Å². The molecule has 0 atom stereocenters. The first-order valence-corrected chi connectivity index (χ1v) is 7.43. The third-order valence-corrected chi connectivity index (χ3v) is 3.59. The molecular weight excluding hydrogens is 381 g/mol. The zero-order valence-corrected chi connectivity index (χ0v) is 15.2. The van der Waals surface area contributed by atoms with Gasteiger partial charge in [-0.05, 0) is 31.9 Å². The number of hydrogen-bond acceptors (Lipinski definition) is 3. The van der Waals surface area contributed by atoms with Gasteiger partial charge in [0.2, 0.25) is 0 Å². The number of aliphatic imine (C=N–C) groups is 1. The van der Waals surface area contributed by atoms with Crippen molar-refractivity contribution in [2.24, 2.45) is 4.99 Å². The molecule has 120 valence electrons. The normalized spacial score (nSPS) is 16.7. The molecule has 0 aromatic carbocycles. The summed E-state index contributed by atoms with van der Waals surface area (Å²) in [5, 5.41) is 3.40. The molecule has 1 aliphatic rings. The molecular formula is C15H26IN3O2. The largest absolute Gasteiger partial charge is 0.469 e. The number of hydrogen-bond donors (Lipinski definition) is 1. The van der Waals surface area contributed by atoms with Gasteiger partial charge in [0.15, 0.2) is 5.96 Å². The maximum atomic E-state index is 5.68. The van der Waals surface area contributed by atoms with E-state index in [9.17, 15) is 0 Å². The summed E-state index contributed by atoms with van der Waals surface area (Å²) in [6.45, 7) is 5.71. The van der Waals surface area contributed by atoms with E-state index in [1.165, 1.54) is 0 Å². The Morgan fingerprint density at radius 1 is 1.48 bits per heavy atom. The van der Waals surface area contributed by atoms with E-state index in [0.717, 1.165) is 57.2 Å². The van der Waals surface area contributed by atoms with Crippen LogP contribution in [0.25, 0.3) is 0 Å². The minimum absolute atomic E-state index is 0. The molecule has 0 amide bonds. The van der Waals surface area contributed by atoms with E-state index in [1.807, 2.05) is 19.2 Å². The first-order chi connectivity index (χ1) is 9.83. The van der Waals surface area contributed by atoms with Gasteiger partial charge < -0.3 is 19.4 Å². The molecule has 0 bridgehead atoms. The average Bonchev–Trinajstić information content (AvgIpc) is 2.98. The lowest BCUT2D eigenvalue weighted by Crippen LogP contribution is -2.47. The van der Waals surface area contributed by atoms with Crippen LogP contribution in [0, 0.1) is 0 Å². The van der Waals surface area contributed by atoms with E-state index in [4.69, 9.17) is 9.15 Å². The molecule has 1 aliphatic heterocycles. The number of rotatable bonds is 5. The van der Waals surface area contributed by atoms with Crippen molar-refractivity contribution in [2.45, 2.75) is 32.3 Å². The van der Waals surface area contributed by atoms with E-state index in [2.05, 4.69) is 22.1 Å². The molecule has 2 heterocycles. The number of halogens is 1. The van der Waals surface area contributed by atoms with Crippen LogP contribution in [0.2, 0.25) is 0 Å². The summed E-state index contributed by atoms with van der Waals surface area (Å²) in [4.78, 5) is 6.66. The third kappa shape index (κ3) is 5.86. The predicted octanol–water partition coefficient (Wildman–Crippen LogP) is 2.52. The number of nitrogens with one attached hydrogen (secondary N) is 1. The highest BCUT2D eigenvalue weighted by atomic mass is 127. The lowest BCUT2D eigenvalue weighted by molar-refractivity contribution is 0.0264. The molecule has 1 aromatic rings. The van der Waals surface area contributed by atoms with Crippen molar-refractivity contribution < 1.29 is 9.15 Å². The Hall–Kier alpha value is -0.760.